The van der Waals surface area contributed by atoms with Gasteiger partial charge in [0.2, 0.25) is 17.8 Å². The Kier molecular flexibility index (Phi) is 20.2. The van der Waals surface area contributed by atoms with E-state index < -0.39 is 0 Å². The molecule has 0 aliphatic carbocycles. The van der Waals surface area contributed by atoms with Crippen LogP contribution in [0.5, 0.6) is 23.0 Å². The third-order valence-electron chi connectivity index (χ3n) is 13.3. The number of thiocarbonyl (C=S) groups is 1. The Morgan fingerprint density at radius 2 is 1.16 bits per heavy atom. The number of nitrogen functional groups attached to an aromatic ring is 1. The maximum Gasteiger partial charge on any atom is 0.239 e. The first-order valence-corrected chi connectivity index (χ1v) is 27.0. The molecule has 0 bridgehead atoms. The zero-order valence-electron chi connectivity index (χ0n) is 46.4. The zero-order valence-corrected chi connectivity index (χ0v) is 47.2. The zero-order chi connectivity index (χ0) is 56.7. The summed E-state index contributed by atoms with van der Waals surface area (Å²) >= 11 is 4.45. The lowest BCUT2D eigenvalue weighted by molar-refractivity contribution is -0.118. The molecular formula is C60H72F2N12O4S. The summed E-state index contributed by atoms with van der Waals surface area (Å²) < 4.78 is 41.5. The molecule has 6 N–H and O–H groups in total. The van der Waals surface area contributed by atoms with Gasteiger partial charge in [0.1, 0.15) is 52.0 Å². The number of carbonyl (C=O) groups excluding carboxylic acids is 2. The summed E-state index contributed by atoms with van der Waals surface area (Å²) in [5.74, 6) is 2.95. The standard InChI is InChI=1S/C30H35FN6O2.C19H25N5O2.C11H12FNS/c1-30(2,3)20-8-10-23(31)24(16-20)33-29-34-25-17-21(9-11-26(25)36(29)4)39-22-12-13-32-27(18-22)35-28(38)19-37-14-6-5-7-15-37;1-21-17-6-5-14(11-16(17)20)26-15-7-8-22-18(12-15)23-19(25)13-24-9-3-2-4-10-24;1-11(2,3)8-4-5-9(12)10(6-8)13-7-14/h8-13,16-18H,5-7,14-15,19H2,1-4H3,(H,33,34)(H,32,35,38);5-8,11-12,21H,2-4,9-10,13,20H2,1H3,(H,22,23,25);4-6H,1-3H3. The van der Waals surface area contributed by atoms with Crippen molar-refractivity contribution >= 4 is 80.6 Å². The molecule has 5 heterocycles. The van der Waals surface area contributed by atoms with E-state index in [4.69, 9.17) is 15.2 Å². The highest BCUT2D eigenvalue weighted by Gasteiger charge is 2.20. The second-order valence-corrected chi connectivity index (χ2v) is 21.7. The van der Waals surface area contributed by atoms with Gasteiger partial charge in [0.05, 0.1) is 46.3 Å². The van der Waals surface area contributed by atoms with Gasteiger partial charge in [0.25, 0.3) is 0 Å². The summed E-state index contributed by atoms with van der Waals surface area (Å²) in [4.78, 5) is 45.8. The fourth-order valence-corrected chi connectivity index (χ4v) is 8.97. The maximum absolute atomic E-state index is 14.6. The minimum absolute atomic E-state index is 0.0145. The number of nitrogens with zero attached hydrogens (tertiary/aromatic N) is 7. The van der Waals surface area contributed by atoms with E-state index in [1.807, 2.05) is 61.1 Å². The molecule has 0 unspecified atom stereocenters. The molecule has 0 atom stereocenters. The number of aryl methyl sites for hydroxylation is 1. The highest BCUT2D eigenvalue weighted by molar-refractivity contribution is 7.78. The second kappa shape index (κ2) is 27.2. The number of piperidine rings is 2. The number of anilines is 6. The molecule has 416 valence electrons. The molecule has 2 aliphatic rings. The van der Waals surface area contributed by atoms with Crippen LogP contribution in [0.1, 0.15) is 91.2 Å². The molecule has 79 heavy (non-hydrogen) atoms. The van der Waals surface area contributed by atoms with Crippen LogP contribution in [0.15, 0.2) is 114 Å². The predicted molar refractivity (Wildman–Crippen MR) is 316 cm³/mol. The maximum atomic E-state index is 14.6. The van der Waals surface area contributed by atoms with E-state index >= 15 is 0 Å². The monoisotopic (exact) mass is 1090 g/mol. The smallest absolute Gasteiger partial charge is 0.239 e. The van der Waals surface area contributed by atoms with E-state index in [0.29, 0.717) is 70.6 Å². The van der Waals surface area contributed by atoms with Crippen LogP contribution < -0.4 is 36.5 Å². The molecule has 2 saturated heterocycles. The second-order valence-electron chi connectivity index (χ2n) is 21.6. The first-order valence-electron chi connectivity index (χ1n) is 26.6. The van der Waals surface area contributed by atoms with Crippen molar-refractivity contribution in [1.82, 2.24) is 29.3 Å². The number of aromatic nitrogens is 4. The number of rotatable bonds is 14. The Labute approximate surface area is 467 Å². The number of likely N-dealkylation sites (tertiary alicyclic amines) is 2. The Balaban J connectivity index is 0.000000193. The Morgan fingerprint density at radius 1 is 0.658 bits per heavy atom. The molecule has 0 radical (unpaired) electrons. The number of nitrogens with one attached hydrogen (secondary N) is 4. The van der Waals surface area contributed by atoms with Gasteiger partial charge in [-0.3, -0.25) is 19.4 Å². The van der Waals surface area contributed by atoms with E-state index in [9.17, 15) is 18.4 Å². The summed E-state index contributed by atoms with van der Waals surface area (Å²) in [7, 11) is 3.69. The van der Waals surface area contributed by atoms with Crippen LogP contribution in [-0.2, 0) is 27.5 Å². The summed E-state index contributed by atoms with van der Waals surface area (Å²) in [5.41, 5.74) is 11.6. The molecule has 3 aromatic heterocycles. The van der Waals surface area contributed by atoms with Crippen LogP contribution in [0.3, 0.4) is 0 Å². The molecule has 7 aromatic rings. The molecule has 2 fully saturated rings. The van der Waals surface area contributed by atoms with Crippen molar-refractivity contribution < 1.29 is 27.8 Å². The first-order chi connectivity index (χ1) is 37.7. The van der Waals surface area contributed by atoms with Gasteiger partial charge >= 0.3 is 0 Å². The molecule has 9 rings (SSSR count). The third-order valence-corrected chi connectivity index (χ3v) is 13.4. The van der Waals surface area contributed by atoms with Crippen molar-refractivity contribution in [2.45, 2.75) is 90.9 Å². The fourth-order valence-electron chi connectivity index (χ4n) is 8.87. The van der Waals surface area contributed by atoms with Crippen molar-refractivity contribution in [2.24, 2.45) is 12.0 Å². The summed E-state index contributed by atoms with van der Waals surface area (Å²) in [5, 5.41) is 14.0. The van der Waals surface area contributed by atoms with Gasteiger partial charge in [-0.25, -0.2) is 23.7 Å². The van der Waals surface area contributed by atoms with E-state index in [2.05, 4.69) is 110 Å². The van der Waals surface area contributed by atoms with Gasteiger partial charge in [-0.2, -0.15) is 4.99 Å². The number of aliphatic imine (C=N–C) groups is 1. The van der Waals surface area contributed by atoms with Crippen LogP contribution in [0.4, 0.5) is 49.1 Å². The lowest BCUT2D eigenvalue weighted by Gasteiger charge is -2.25. The number of ether oxygens (including phenoxy) is 2. The predicted octanol–water partition coefficient (Wildman–Crippen LogP) is 13.1. The van der Waals surface area contributed by atoms with Crippen molar-refractivity contribution in [3.8, 4) is 23.0 Å². The van der Waals surface area contributed by atoms with E-state index in [1.165, 1.54) is 25.0 Å². The molecular weight excluding hydrogens is 1020 g/mol. The minimum Gasteiger partial charge on any atom is -0.457 e. The Morgan fingerprint density at radius 3 is 1.68 bits per heavy atom. The van der Waals surface area contributed by atoms with Crippen LogP contribution in [0, 0.1) is 11.6 Å². The molecule has 4 aromatic carbocycles. The SMILES string of the molecule is CC(C)(C)c1ccc(F)c(N=C=S)c1.CNc1ccc(Oc2ccnc(NC(=O)CN3CCCCC3)c2)cc1N.Cn1c(Nc2cc(C(C)(C)C)ccc2F)nc2cc(Oc3ccnc(NC(=O)CN4CCCCC4)c3)ccc21. The number of hydrogen-bond acceptors (Lipinski definition) is 14. The third kappa shape index (κ3) is 17.3. The lowest BCUT2D eigenvalue weighted by Crippen LogP contribution is -2.36. The quantitative estimate of drug-likeness (QED) is 0.0393. The molecule has 2 aliphatic heterocycles. The largest absolute Gasteiger partial charge is 0.457 e. The number of hydrogen-bond donors (Lipinski definition) is 5. The molecule has 16 nitrogen and oxygen atoms in total. The summed E-state index contributed by atoms with van der Waals surface area (Å²) in [6, 6.07) is 27.9. The van der Waals surface area contributed by atoms with E-state index in [-0.39, 0.29) is 40.0 Å². The summed E-state index contributed by atoms with van der Waals surface area (Å²) in [6.45, 7) is 17.1. The van der Waals surface area contributed by atoms with Crippen molar-refractivity contribution in [2.75, 3.05) is 73.3 Å². The fraction of sp³-hybridized carbons (Fsp3) is 0.367. The average molecular weight is 1100 g/mol. The van der Waals surface area contributed by atoms with Crippen molar-refractivity contribution in [1.29, 1.82) is 0 Å². The number of benzene rings is 4. The number of fused-ring (bicyclic) bond motifs is 1. The topological polar surface area (TPSA) is 189 Å². The minimum atomic E-state index is -0.365. The normalized spacial score (nSPS) is 13.8. The number of imidazole rings is 1. The number of nitrogens with two attached hydrogens (primary N) is 1. The van der Waals surface area contributed by atoms with Crippen LogP contribution >= 0.6 is 12.2 Å². The van der Waals surface area contributed by atoms with Crippen LogP contribution in [0.25, 0.3) is 11.0 Å². The lowest BCUT2D eigenvalue weighted by atomic mass is 9.87. The van der Waals surface area contributed by atoms with Gasteiger partial charge in [-0.15, -0.1) is 0 Å². The van der Waals surface area contributed by atoms with Crippen molar-refractivity contribution in [3.63, 3.8) is 0 Å². The molecule has 0 spiro atoms. The number of isothiocyanates is 1. The first kappa shape index (κ1) is 58.8. The van der Waals surface area contributed by atoms with Gasteiger partial charge in [0.15, 0.2) is 0 Å². The molecule has 19 heteroatoms. The molecule has 2 amide bonds. The Bertz CT molecular complexity index is 3270. The van der Waals surface area contributed by atoms with Gasteiger partial charge in [0, 0.05) is 50.8 Å². The Hall–Kier alpha value is -7.83. The van der Waals surface area contributed by atoms with E-state index in [0.717, 1.165) is 74.2 Å². The number of amides is 2. The number of pyridine rings is 2. The number of halogens is 2. The highest BCUT2D eigenvalue weighted by atomic mass is 32.1. The van der Waals surface area contributed by atoms with Gasteiger partial charge < -0.3 is 41.0 Å². The van der Waals surface area contributed by atoms with E-state index in [1.54, 1.807) is 54.9 Å². The van der Waals surface area contributed by atoms with Gasteiger partial charge in [-0.05, 0) is 147 Å². The van der Waals surface area contributed by atoms with Crippen LogP contribution in [0.2, 0.25) is 0 Å². The highest BCUT2D eigenvalue weighted by Crippen LogP contribution is 2.33. The van der Waals surface area contributed by atoms with Gasteiger partial charge in [-0.1, -0.05) is 66.5 Å². The number of carbonyl (C=O) groups is 2. The average Bonchev–Trinajstić information content (AvgIpc) is 3.76. The van der Waals surface area contributed by atoms with Crippen LogP contribution in [-0.4, -0.2) is 92.6 Å². The van der Waals surface area contributed by atoms with Crippen molar-refractivity contribution in [3.05, 3.63) is 132 Å². The summed E-state index contributed by atoms with van der Waals surface area (Å²) in [6.07, 6.45) is 10.3. The molecule has 0 saturated carbocycles.